The van der Waals surface area contributed by atoms with Gasteiger partial charge in [0.2, 0.25) is 5.88 Å². The zero-order valence-electron chi connectivity index (χ0n) is 19.0. The Morgan fingerprint density at radius 2 is 2.03 bits per heavy atom. The van der Waals surface area contributed by atoms with Crippen molar-refractivity contribution in [1.82, 2.24) is 24.6 Å². The quantitative estimate of drug-likeness (QED) is 0.426. The monoisotopic (exact) mass is 511 g/mol. The number of nitrogens with zero attached hydrogens (tertiary/aromatic N) is 4. The van der Waals surface area contributed by atoms with Crippen LogP contribution in [0.4, 0.5) is 9.18 Å². The highest BCUT2D eigenvalue weighted by Gasteiger charge is 2.54. The SMILES string of the molecule is Cc1nc(C(=O)N2C[C@@H]3C[C@@H]3[C@H]2CNC(=O)Oc2c(C)nc3sccn23)c(-c2ccc(F)cc2)s1. The van der Waals surface area contributed by atoms with Crippen molar-refractivity contribution >= 4 is 39.6 Å². The number of imidazole rings is 1. The van der Waals surface area contributed by atoms with E-state index in [9.17, 15) is 14.0 Å². The second-order valence-electron chi connectivity index (χ2n) is 8.93. The maximum absolute atomic E-state index is 13.6. The molecule has 8 nitrogen and oxygen atoms in total. The van der Waals surface area contributed by atoms with E-state index in [0.717, 1.165) is 26.8 Å². The third kappa shape index (κ3) is 3.98. The van der Waals surface area contributed by atoms with Crippen LogP contribution in [0.3, 0.4) is 0 Å². The number of carbonyl (C=O) groups is 2. The predicted octanol–water partition coefficient (Wildman–Crippen LogP) is 4.52. The molecule has 6 rings (SSSR count). The van der Waals surface area contributed by atoms with Crippen molar-refractivity contribution in [2.24, 2.45) is 11.8 Å². The Hall–Kier alpha value is -3.31. The van der Waals surface area contributed by atoms with E-state index in [4.69, 9.17) is 4.74 Å². The van der Waals surface area contributed by atoms with Crippen LogP contribution in [-0.2, 0) is 0 Å². The summed E-state index contributed by atoms with van der Waals surface area (Å²) in [6, 6.07) is 5.97. The number of fused-ring (bicyclic) bond motifs is 2. The molecule has 1 saturated heterocycles. The molecule has 180 valence electrons. The number of amides is 2. The number of hydrogen-bond donors (Lipinski definition) is 1. The van der Waals surface area contributed by atoms with Crippen molar-refractivity contribution in [3.63, 3.8) is 0 Å². The van der Waals surface area contributed by atoms with Gasteiger partial charge in [-0.15, -0.1) is 22.7 Å². The minimum absolute atomic E-state index is 0.129. The molecule has 1 aliphatic carbocycles. The van der Waals surface area contributed by atoms with Crippen LogP contribution in [0.2, 0.25) is 0 Å². The van der Waals surface area contributed by atoms with E-state index in [-0.39, 0.29) is 17.8 Å². The first-order chi connectivity index (χ1) is 16.9. The lowest BCUT2D eigenvalue weighted by atomic mass is 10.1. The van der Waals surface area contributed by atoms with Crippen molar-refractivity contribution in [3.8, 4) is 16.3 Å². The van der Waals surface area contributed by atoms with Gasteiger partial charge in [0.25, 0.3) is 5.91 Å². The number of aromatic nitrogens is 3. The Morgan fingerprint density at radius 3 is 2.83 bits per heavy atom. The number of piperidine rings is 1. The molecule has 4 aromatic rings. The number of nitrogens with one attached hydrogen (secondary N) is 1. The molecule has 2 aliphatic rings. The molecule has 0 bridgehead atoms. The van der Waals surface area contributed by atoms with E-state index < -0.39 is 6.09 Å². The summed E-state index contributed by atoms with van der Waals surface area (Å²) in [5.41, 5.74) is 1.78. The van der Waals surface area contributed by atoms with Crippen LogP contribution in [0.5, 0.6) is 5.88 Å². The first-order valence-electron chi connectivity index (χ1n) is 11.3. The number of likely N-dealkylation sites (tertiary alicyclic amines) is 1. The molecule has 1 N–H and O–H groups in total. The van der Waals surface area contributed by atoms with Gasteiger partial charge in [0.1, 0.15) is 17.2 Å². The van der Waals surface area contributed by atoms with Crippen LogP contribution >= 0.6 is 22.7 Å². The fourth-order valence-electron chi connectivity index (χ4n) is 4.88. The number of halogens is 1. The molecule has 0 unspecified atom stereocenters. The third-order valence-corrected chi connectivity index (χ3v) is 8.41. The Kier molecular flexibility index (Phi) is 5.33. The van der Waals surface area contributed by atoms with Crippen molar-refractivity contribution in [1.29, 1.82) is 0 Å². The molecule has 11 heteroatoms. The second kappa shape index (κ2) is 8.42. The first-order valence-corrected chi connectivity index (χ1v) is 13.0. The van der Waals surface area contributed by atoms with Gasteiger partial charge >= 0.3 is 6.09 Å². The number of benzene rings is 1. The molecular weight excluding hydrogens is 489 g/mol. The van der Waals surface area contributed by atoms with E-state index in [1.165, 1.54) is 34.8 Å². The fraction of sp³-hybridized carbons (Fsp3) is 0.333. The van der Waals surface area contributed by atoms with Gasteiger partial charge in [-0.05, 0) is 49.8 Å². The standard InChI is InChI=1S/C24H22FN5O3S2/c1-12-22(29-7-8-34-23(29)27-12)33-24(32)26-10-18-17-9-15(17)11-30(18)21(31)19-20(35-13(2)28-19)14-3-5-16(25)6-4-14/h3-8,15,17-18H,9-11H2,1-2H3,(H,26,32)/t15-,17-,18+/m0/s1. The van der Waals surface area contributed by atoms with Gasteiger partial charge in [-0.1, -0.05) is 12.1 Å². The lowest BCUT2D eigenvalue weighted by Crippen LogP contribution is -2.46. The third-order valence-electron chi connectivity index (χ3n) is 6.63. The maximum atomic E-state index is 13.6. The highest BCUT2D eigenvalue weighted by Crippen LogP contribution is 2.50. The molecule has 4 heterocycles. The van der Waals surface area contributed by atoms with Gasteiger partial charge in [-0.3, -0.25) is 9.20 Å². The molecular formula is C24H22FN5O3S2. The topological polar surface area (TPSA) is 88.8 Å². The van der Waals surface area contributed by atoms with Crippen LogP contribution in [0.1, 0.15) is 27.6 Å². The second-order valence-corrected chi connectivity index (χ2v) is 11.0. The molecule has 3 aromatic heterocycles. The smallest absolute Gasteiger partial charge is 0.391 e. The average molecular weight is 512 g/mol. The Balaban J connectivity index is 1.18. The van der Waals surface area contributed by atoms with Crippen molar-refractivity contribution in [2.75, 3.05) is 13.1 Å². The largest absolute Gasteiger partial charge is 0.414 e. The molecule has 3 atom stereocenters. The molecule has 1 aliphatic heterocycles. The Morgan fingerprint density at radius 1 is 1.23 bits per heavy atom. The minimum Gasteiger partial charge on any atom is -0.391 e. The Labute approximate surface area is 208 Å². The van der Waals surface area contributed by atoms with Crippen LogP contribution in [0.25, 0.3) is 15.4 Å². The normalized spacial score (nSPS) is 20.8. The lowest BCUT2D eigenvalue weighted by Gasteiger charge is -2.27. The molecule has 0 radical (unpaired) electrons. The first kappa shape index (κ1) is 22.2. The summed E-state index contributed by atoms with van der Waals surface area (Å²) in [5, 5.41) is 5.49. The highest BCUT2D eigenvalue weighted by atomic mass is 32.1. The summed E-state index contributed by atoms with van der Waals surface area (Å²) in [5.74, 6) is 0.704. The van der Waals surface area contributed by atoms with Gasteiger partial charge < -0.3 is 15.0 Å². The summed E-state index contributed by atoms with van der Waals surface area (Å²) in [6.45, 7) is 4.59. The predicted molar refractivity (Wildman–Crippen MR) is 130 cm³/mol. The van der Waals surface area contributed by atoms with Crippen LogP contribution in [-0.4, -0.2) is 50.4 Å². The van der Waals surface area contributed by atoms with E-state index in [1.807, 2.05) is 23.4 Å². The van der Waals surface area contributed by atoms with Gasteiger partial charge in [-0.25, -0.2) is 19.2 Å². The number of aryl methyl sites for hydroxylation is 2. The average Bonchev–Trinajstić information content (AvgIpc) is 3.15. The van der Waals surface area contributed by atoms with Crippen LogP contribution < -0.4 is 10.1 Å². The number of carbonyl (C=O) groups excluding carboxylic acids is 2. The molecule has 1 aromatic carbocycles. The number of ether oxygens (including phenoxy) is 1. The zero-order chi connectivity index (χ0) is 24.3. The Bertz CT molecular complexity index is 1440. The summed E-state index contributed by atoms with van der Waals surface area (Å²) >= 11 is 2.88. The molecule has 2 amide bonds. The number of thiazole rings is 2. The van der Waals surface area contributed by atoms with Crippen molar-refractivity contribution in [2.45, 2.75) is 26.3 Å². The van der Waals surface area contributed by atoms with Gasteiger partial charge in [-0.2, -0.15) is 0 Å². The molecule has 2 fully saturated rings. The summed E-state index contributed by atoms with van der Waals surface area (Å²) in [7, 11) is 0. The highest BCUT2D eigenvalue weighted by molar-refractivity contribution is 7.15. The summed E-state index contributed by atoms with van der Waals surface area (Å²) < 4.78 is 20.7. The van der Waals surface area contributed by atoms with E-state index >= 15 is 0 Å². The minimum atomic E-state index is -0.575. The van der Waals surface area contributed by atoms with Gasteiger partial charge in [0, 0.05) is 24.7 Å². The molecule has 1 saturated carbocycles. The van der Waals surface area contributed by atoms with Crippen molar-refractivity contribution < 1.29 is 18.7 Å². The number of rotatable bonds is 5. The van der Waals surface area contributed by atoms with E-state index in [2.05, 4.69) is 15.3 Å². The van der Waals surface area contributed by atoms with Gasteiger partial charge in [0.15, 0.2) is 4.96 Å². The van der Waals surface area contributed by atoms with Gasteiger partial charge in [0.05, 0.1) is 15.9 Å². The summed E-state index contributed by atoms with van der Waals surface area (Å²) in [6.07, 6.45) is 2.28. The summed E-state index contributed by atoms with van der Waals surface area (Å²) in [4.78, 5) is 38.4. The molecule has 35 heavy (non-hydrogen) atoms. The lowest BCUT2D eigenvalue weighted by molar-refractivity contribution is 0.0700. The van der Waals surface area contributed by atoms with E-state index in [1.54, 1.807) is 23.5 Å². The molecule has 0 spiro atoms. The van der Waals surface area contributed by atoms with Crippen molar-refractivity contribution in [3.05, 3.63) is 58.1 Å². The zero-order valence-corrected chi connectivity index (χ0v) is 20.7. The van der Waals surface area contributed by atoms with E-state index in [0.29, 0.717) is 42.2 Å². The van der Waals surface area contributed by atoms with Crippen LogP contribution in [0.15, 0.2) is 35.8 Å². The van der Waals surface area contributed by atoms with Crippen LogP contribution in [0, 0.1) is 31.5 Å². The fourth-order valence-corrected chi connectivity index (χ4v) is 6.55. The maximum Gasteiger partial charge on any atom is 0.414 e. The number of hydrogen-bond acceptors (Lipinski definition) is 7.